The number of likely N-dealkylation sites (tertiary alicyclic amines) is 1. The average Bonchev–Trinajstić information content (AvgIpc) is 3.40. The third-order valence-electron chi connectivity index (χ3n) is 7.36. The fraction of sp³-hybridized carbons (Fsp3) is 0.533. The highest BCUT2D eigenvalue weighted by atomic mass is 35.5. The molecule has 5 N–H and O–H groups in total. The Bertz CT molecular complexity index is 1180. The van der Waals surface area contributed by atoms with Crippen molar-refractivity contribution in [2.75, 3.05) is 19.6 Å². The van der Waals surface area contributed by atoms with Crippen LogP contribution >= 0.6 is 12.4 Å². The van der Waals surface area contributed by atoms with Crippen LogP contribution < -0.4 is 21.7 Å². The van der Waals surface area contributed by atoms with Gasteiger partial charge in [0, 0.05) is 32.0 Å². The van der Waals surface area contributed by atoms with E-state index >= 15 is 0 Å². The predicted molar refractivity (Wildman–Crippen MR) is 160 cm³/mol. The maximum absolute atomic E-state index is 13.5. The second-order valence-corrected chi connectivity index (χ2v) is 10.9. The number of carbonyl (C=O) groups is 4. The van der Waals surface area contributed by atoms with Crippen molar-refractivity contribution in [3.05, 3.63) is 48.0 Å². The highest BCUT2D eigenvalue weighted by molar-refractivity contribution is 5.93. The van der Waals surface area contributed by atoms with Crippen LogP contribution in [0.1, 0.15) is 58.9 Å². The SMILES string of the molecule is CCC(CC)C(=O)N1CCCC1C(=O)N[C@H](Cc1ccc2ccccc2c1)C(=O)NCCNC(=O)C(C)(C)N.Cl. The number of hydrogen-bond acceptors (Lipinski definition) is 5. The van der Waals surface area contributed by atoms with Crippen molar-refractivity contribution in [3.8, 4) is 0 Å². The van der Waals surface area contributed by atoms with Crippen molar-refractivity contribution in [2.24, 2.45) is 11.7 Å². The summed E-state index contributed by atoms with van der Waals surface area (Å²) in [5.41, 5.74) is 5.69. The zero-order chi connectivity index (χ0) is 28.6. The van der Waals surface area contributed by atoms with Gasteiger partial charge < -0.3 is 26.6 Å². The predicted octanol–water partition coefficient (Wildman–Crippen LogP) is 2.69. The van der Waals surface area contributed by atoms with Crippen LogP contribution in [0.25, 0.3) is 10.8 Å². The summed E-state index contributed by atoms with van der Waals surface area (Å²) in [5, 5.41) is 10.6. The first-order valence-corrected chi connectivity index (χ1v) is 14.0. The van der Waals surface area contributed by atoms with Crippen LogP contribution in [0, 0.1) is 5.92 Å². The first-order chi connectivity index (χ1) is 18.5. The van der Waals surface area contributed by atoms with Gasteiger partial charge in [0.2, 0.25) is 23.6 Å². The summed E-state index contributed by atoms with van der Waals surface area (Å²) in [5.74, 6) is -1.09. The molecule has 3 rings (SSSR count). The molecule has 0 bridgehead atoms. The van der Waals surface area contributed by atoms with Gasteiger partial charge in [0.1, 0.15) is 12.1 Å². The first kappa shape index (κ1) is 33.0. The van der Waals surface area contributed by atoms with Crippen LogP contribution in [0.5, 0.6) is 0 Å². The zero-order valence-corrected chi connectivity index (χ0v) is 24.8. The number of carbonyl (C=O) groups excluding carboxylic acids is 4. The smallest absolute Gasteiger partial charge is 0.243 e. The van der Waals surface area contributed by atoms with Crippen molar-refractivity contribution in [1.29, 1.82) is 0 Å². The number of hydrogen-bond donors (Lipinski definition) is 4. The van der Waals surface area contributed by atoms with E-state index in [4.69, 9.17) is 5.73 Å². The second kappa shape index (κ2) is 15.0. The molecule has 1 aliphatic heterocycles. The highest BCUT2D eigenvalue weighted by Gasteiger charge is 2.37. The Hall–Kier alpha value is -3.17. The number of halogens is 1. The fourth-order valence-corrected chi connectivity index (χ4v) is 4.97. The third kappa shape index (κ3) is 8.66. The van der Waals surface area contributed by atoms with Crippen molar-refractivity contribution < 1.29 is 19.2 Å². The molecule has 9 nitrogen and oxygen atoms in total. The maximum Gasteiger partial charge on any atom is 0.243 e. The molecule has 1 saturated heterocycles. The Kier molecular flexibility index (Phi) is 12.4. The van der Waals surface area contributed by atoms with E-state index in [9.17, 15) is 19.2 Å². The lowest BCUT2D eigenvalue weighted by atomic mass is 10.00. The Morgan fingerprint density at radius 2 is 1.65 bits per heavy atom. The summed E-state index contributed by atoms with van der Waals surface area (Å²) in [7, 11) is 0. The Morgan fingerprint density at radius 1 is 1.00 bits per heavy atom. The molecule has 2 atom stereocenters. The van der Waals surface area contributed by atoms with Gasteiger partial charge in [-0.1, -0.05) is 56.3 Å². The highest BCUT2D eigenvalue weighted by Crippen LogP contribution is 2.23. The number of fused-ring (bicyclic) bond motifs is 1. The van der Waals surface area contributed by atoms with E-state index < -0.39 is 17.6 Å². The first-order valence-electron chi connectivity index (χ1n) is 14.0. The van der Waals surface area contributed by atoms with Crippen LogP contribution in [0.15, 0.2) is 42.5 Å². The quantitative estimate of drug-likeness (QED) is 0.290. The monoisotopic (exact) mass is 573 g/mol. The van der Waals surface area contributed by atoms with Crippen LogP contribution in [-0.2, 0) is 25.6 Å². The van der Waals surface area contributed by atoms with Crippen LogP contribution in [0.3, 0.4) is 0 Å². The van der Waals surface area contributed by atoms with Crippen molar-refractivity contribution >= 4 is 46.8 Å². The van der Waals surface area contributed by atoms with E-state index in [-0.39, 0.29) is 61.5 Å². The van der Waals surface area contributed by atoms with E-state index in [1.807, 2.05) is 56.3 Å². The summed E-state index contributed by atoms with van der Waals surface area (Å²) in [4.78, 5) is 53.5. The van der Waals surface area contributed by atoms with Gasteiger partial charge >= 0.3 is 0 Å². The molecular formula is C30H44ClN5O4. The lowest BCUT2D eigenvalue weighted by molar-refractivity contribution is -0.142. The summed E-state index contributed by atoms with van der Waals surface area (Å²) in [6, 6.07) is 12.5. The van der Waals surface area contributed by atoms with E-state index in [2.05, 4.69) is 16.0 Å². The number of benzene rings is 2. The summed E-state index contributed by atoms with van der Waals surface area (Å²) in [6.07, 6.45) is 3.07. The topological polar surface area (TPSA) is 134 Å². The molecular weight excluding hydrogens is 530 g/mol. The summed E-state index contributed by atoms with van der Waals surface area (Å²) in [6.45, 7) is 8.13. The van der Waals surface area contributed by atoms with E-state index in [0.29, 0.717) is 13.0 Å². The van der Waals surface area contributed by atoms with Gasteiger partial charge in [-0.3, -0.25) is 19.2 Å². The maximum atomic E-state index is 13.5. The fourth-order valence-electron chi connectivity index (χ4n) is 4.97. The molecule has 4 amide bonds. The number of amides is 4. The largest absolute Gasteiger partial charge is 0.353 e. The van der Waals surface area contributed by atoms with Gasteiger partial charge in [-0.05, 0) is 55.9 Å². The second-order valence-electron chi connectivity index (χ2n) is 10.9. The minimum absolute atomic E-state index is 0. The molecule has 2 aromatic rings. The van der Waals surface area contributed by atoms with Gasteiger partial charge in [0.15, 0.2) is 0 Å². The molecule has 0 aliphatic carbocycles. The van der Waals surface area contributed by atoms with E-state index in [1.165, 1.54) is 0 Å². The molecule has 1 heterocycles. The molecule has 40 heavy (non-hydrogen) atoms. The van der Waals surface area contributed by atoms with Gasteiger partial charge in [0.25, 0.3) is 0 Å². The van der Waals surface area contributed by atoms with Crippen LogP contribution in [-0.4, -0.2) is 65.8 Å². The Balaban J connectivity index is 0.00000560. The molecule has 0 spiro atoms. The molecule has 1 fully saturated rings. The number of nitrogens with two attached hydrogens (primary N) is 1. The normalized spacial score (nSPS) is 15.8. The van der Waals surface area contributed by atoms with Gasteiger partial charge in [-0.2, -0.15) is 0 Å². The lowest BCUT2D eigenvalue weighted by Gasteiger charge is -2.29. The summed E-state index contributed by atoms with van der Waals surface area (Å²) >= 11 is 0. The van der Waals surface area contributed by atoms with Gasteiger partial charge in [-0.25, -0.2) is 0 Å². The van der Waals surface area contributed by atoms with Crippen molar-refractivity contribution in [1.82, 2.24) is 20.9 Å². The average molecular weight is 574 g/mol. The molecule has 1 aliphatic rings. The minimum atomic E-state index is -1.02. The molecule has 220 valence electrons. The molecule has 0 aromatic heterocycles. The Labute approximate surface area is 243 Å². The van der Waals surface area contributed by atoms with Crippen LogP contribution in [0.4, 0.5) is 0 Å². The number of nitrogens with one attached hydrogen (secondary N) is 3. The zero-order valence-electron chi connectivity index (χ0n) is 24.0. The van der Waals surface area contributed by atoms with Gasteiger partial charge in [0.05, 0.1) is 5.54 Å². The van der Waals surface area contributed by atoms with E-state index in [0.717, 1.165) is 35.6 Å². The molecule has 2 aromatic carbocycles. The van der Waals surface area contributed by atoms with Crippen molar-refractivity contribution in [3.63, 3.8) is 0 Å². The molecule has 0 radical (unpaired) electrons. The Morgan fingerprint density at radius 3 is 2.30 bits per heavy atom. The lowest BCUT2D eigenvalue weighted by Crippen LogP contribution is -2.55. The summed E-state index contributed by atoms with van der Waals surface area (Å²) < 4.78 is 0. The molecule has 1 unspecified atom stereocenters. The standard InChI is InChI=1S/C30H43N5O4.ClH/c1-5-21(6-2)28(38)35-17-9-12-25(35)27(37)34-24(26(36)32-15-16-33-29(39)30(3,4)31)19-20-13-14-22-10-7-8-11-23(22)18-20;/h7-8,10-11,13-14,18,21,24-25H,5-6,9,12,15-17,19,31H2,1-4H3,(H,32,36)(H,33,39)(H,34,37);1H/t24-,25?;/m1./s1. The van der Waals surface area contributed by atoms with Crippen LogP contribution in [0.2, 0.25) is 0 Å². The van der Waals surface area contributed by atoms with Gasteiger partial charge in [-0.15, -0.1) is 12.4 Å². The molecule has 10 heteroatoms. The van der Waals surface area contributed by atoms with E-state index in [1.54, 1.807) is 18.7 Å². The molecule has 0 saturated carbocycles. The number of rotatable bonds is 12. The minimum Gasteiger partial charge on any atom is -0.353 e. The van der Waals surface area contributed by atoms with Crippen molar-refractivity contribution in [2.45, 2.75) is 77.4 Å². The third-order valence-corrected chi connectivity index (χ3v) is 7.36. The number of nitrogens with zero attached hydrogens (tertiary/aromatic N) is 1.